The van der Waals surface area contributed by atoms with Crippen LogP contribution in [0.5, 0.6) is 0 Å². The third-order valence-electron chi connectivity index (χ3n) is 3.13. The second-order valence-electron chi connectivity index (χ2n) is 4.59. The zero-order valence-corrected chi connectivity index (χ0v) is 11.8. The van der Waals surface area contributed by atoms with Crippen molar-refractivity contribution in [1.82, 2.24) is 5.32 Å². The number of rotatable bonds is 2. The van der Waals surface area contributed by atoms with E-state index in [2.05, 4.69) is 10.6 Å². The SMILES string of the molecule is O=C(Nc1c(Cl)cc(F)cc1Cl)C1CCCCCN1. The maximum atomic E-state index is 13.1. The van der Waals surface area contributed by atoms with Gasteiger partial charge in [0.2, 0.25) is 5.91 Å². The van der Waals surface area contributed by atoms with Crippen LogP contribution in [0.4, 0.5) is 10.1 Å². The van der Waals surface area contributed by atoms with Gasteiger partial charge < -0.3 is 10.6 Å². The van der Waals surface area contributed by atoms with Gasteiger partial charge in [-0.3, -0.25) is 4.79 Å². The highest BCUT2D eigenvalue weighted by Crippen LogP contribution is 2.31. The lowest BCUT2D eigenvalue weighted by molar-refractivity contribution is -0.118. The summed E-state index contributed by atoms with van der Waals surface area (Å²) in [6.07, 6.45) is 3.98. The van der Waals surface area contributed by atoms with Crippen LogP contribution in [0.1, 0.15) is 25.7 Å². The number of anilines is 1. The largest absolute Gasteiger partial charge is 0.322 e. The van der Waals surface area contributed by atoms with Crippen LogP contribution in [0.2, 0.25) is 10.0 Å². The minimum atomic E-state index is -0.527. The molecule has 1 saturated heterocycles. The van der Waals surface area contributed by atoms with E-state index in [1.54, 1.807) is 0 Å². The summed E-state index contributed by atoms with van der Waals surface area (Å²) in [5, 5.41) is 6.06. The maximum Gasteiger partial charge on any atom is 0.241 e. The Morgan fingerprint density at radius 3 is 2.63 bits per heavy atom. The van der Waals surface area contributed by atoms with Gasteiger partial charge in [0.05, 0.1) is 21.8 Å². The molecule has 0 saturated carbocycles. The van der Waals surface area contributed by atoms with E-state index < -0.39 is 5.82 Å². The van der Waals surface area contributed by atoms with Gasteiger partial charge in [-0.25, -0.2) is 4.39 Å². The minimum Gasteiger partial charge on any atom is -0.322 e. The van der Waals surface area contributed by atoms with Crippen molar-refractivity contribution in [2.45, 2.75) is 31.7 Å². The van der Waals surface area contributed by atoms with Gasteiger partial charge in [0.15, 0.2) is 0 Å². The molecule has 0 aliphatic carbocycles. The quantitative estimate of drug-likeness (QED) is 0.876. The van der Waals surface area contributed by atoms with Crippen LogP contribution >= 0.6 is 23.2 Å². The van der Waals surface area contributed by atoms with Gasteiger partial charge in [-0.2, -0.15) is 0 Å². The number of hydrogen-bond acceptors (Lipinski definition) is 2. The van der Waals surface area contributed by atoms with Crippen LogP contribution < -0.4 is 10.6 Å². The second kappa shape index (κ2) is 6.55. The normalized spacial score (nSPS) is 19.8. The zero-order valence-electron chi connectivity index (χ0n) is 10.3. The summed E-state index contributed by atoms with van der Waals surface area (Å²) in [6, 6.07) is 2.01. The summed E-state index contributed by atoms with van der Waals surface area (Å²) in [5.74, 6) is -0.710. The summed E-state index contributed by atoms with van der Waals surface area (Å²) >= 11 is 11.8. The monoisotopic (exact) mass is 304 g/mol. The summed E-state index contributed by atoms with van der Waals surface area (Å²) in [4.78, 5) is 12.1. The fraction of sp³-hybridized carbons (Fsp3) is 0.462. The van der Waals surface area contributed by atoms with E-state index in [1.807, 2.05) is 0 Å². The van der Waals surface area contributed by atoms with Crippen molar-refractivity contribution in [1.29, 1.82) is 0 Å². The van der Waals surface area contributed by atoms with Gasteiger partial charge in [0.25, 0.3) is 0 Å². The number of carbonyl (C=O) groups excluding carboxylic acids is 1. The number of halogens is 3. The molecule has 3 nitrogen and oxygen atoms in total. The summed E-state index contributed by atoms with van der Waals surface area (Å²) in [6.45, 7) is 0.822. The molecule has 0 spiro atoms. The average molecular weight is 305 g/mol. The molecule has 1 aliphatic heterocycles. The fourth-order valence-electron chi connectivity index (χ4n) is 2.12. The van der Waals surface area contributed by atoms with Crippen LogP contribution in [0.3, 0.4) is 0 Å². The Morgan fingerprint density at radius 2 is 1.95 bits per heavy atom. The Bertz CT molecular complexity index is 451. The van der Waals surface area contributed by atoms with E-state index in [-0.39, 0.29) is 27.7 Å². The molecule has 1 fully saturated rings. The van der Waals surface area contributed by atoms with Gasteiger partial charge in [-0.15, -0.1) is 0 Å². The van der Waals surface area contributed by atoms with Crippen molar-refractivity contribution < 1.29 is 9.18 Å². The fourth-order valence-corrected chi connectivity index (χ4v) is 2.68. The van der Waals surface area contributed by atoms with Gasteiger partial charge in [0.1, 0.15) is 5.82 Å². The first-order chi connectivity index (χ1) is 9.08. The molecule has 0 aromatic heterocycles. The summed E-state index contributed by atoms with van der Waals surface area (Å²) < 4.78 is 13.1. The van der Waals surface area contributed by atoms with Crippen molar-refractivity contribution in [3.63, 3.8) is 0 Å². The molecule has 1 aromatic carbocycles. The van der Waals surface area contributed by atoms with Crippen LogP contribution in [-0.4, -0.2) is 18.5 Å². The van der Waals surface area contributed by atoms with Crippen LogP contribution in [0.15, 0.2) is 12.1 Å². The molecule has 1 amide bonds. The third-order valence-corrected chi connectivity index (χ3v) is 3.73. The Morgan fingerprint density at radius 1 is 1.26 bits per heavy atom. The topological polar surface area (TPSA) is 41.1 Å². The lowest BCUT2D eigenvalue weighted by atomic mass is 10.1. The highest BCUT2D eigenvalue weighted by Gasteiger charge is 2.21. The molecule has 6 heteroatoms. The molecule has 1 aliphatic rings. The van der Waals surface area contributed by atoms with Gasteiger partial charge in [0, 0.05) is 0 Å². The molecule has 0 radical (unpaired) electrons. The molecule has 1 atom stereocenters. The van der Waals surface area contributed by atoms with E-state index >= 15 is 0 Å². The van der Waals surface area contributed by atoms with E-state index in [0.29, 0.717) is 0 Å². The van der Waals surface area contributed by atoms with Crippen molar-refractivity contribution in [3.8, 4) is 0 Å². The average Bonchev–Trinajstić information content (AvgIpc) is 2.62. The first-order valence-corrected chi connectivity index (χ1v) is 7.02. The van der Waals surface area contributed by atoms with E-state index in [1.165, 1.54) is 0 Å². The molecule has 104 valence electrons. The first-order valence-electron chi connectivity index (χ1n) is 6.26. The Balaban J connectivity index is 2.10. The molecule has 2 rings (SSSR count). The van der Waals surface area contributed by atoms with Crippen molar-refractivity contribution in [2.24, 2.45) is 0 Å². The predicted molar refractivity (Wildman–Crippen MR) is 75.3 cm³/mol. The molecule has 2 N–H and O–H groups in total. The molecule has 0 bridgehead atoms. The lowest BCUT2D eigenvalue weighted by Crippen LogP contribution is -2.39. The minimum absolute atomic E-state index is 0.104. The summed E-state index contributed by atoms with van der Waals surface area (Å²) in [7, 11) is 0. The number of hydrogen-bond donors (Lipinski definition) is 2. The highest BCUT2D eigenvalue weighted by atomic mass is 35.5. The standard InChI is InChI=1S/C13H15Cl2FN2O/c14-9-6-8(16)7-10(15)12(9)18-13(19)11-4-2-1-3-5-17-11/h6-7,11,17H,1-5H2,(H,18,19). The Hall–Kier alpha value is -0.840. The van der Waals surface area contributed by atoms with E-state index in [9.17, 15) is 9.18 Å². The second-order valence-corrected chi connectivity index (χ2v) is 5.40. The molecular weight excluding hydrogens is 290 g/mol. The number of nitrogens with one attached hydrogen (secondary N) is 2. The smallest absolute Gasteiger partial charge is 0.241 e. The molecule has 1 heterocycles. The maximum absolute atomic E-state index is 13.1. The van der Waals surface area contributed by atoms with Gasteiger partial charge in [-0.05, 0) is 31.5 Å². The summed E-state index contributed by atoms with van der Waals surface area (Å²) in [5.41, 5.74) is 0.265. The Labute approximate surface area is 121 Å². The van der Waals surface area contributed by atoms with Crippen LogP contribution in [0.25, 0.3) is 0 Å². The van der Waals surface area contributed by atoms with Crippen molar-refractivity contribution >= 4 is 34.8 Å². The third kappa shape index (κ3) is 3.81. The Kier molecular flexibility index (Phi) is 5.02. The first kappa shape index (κ1) is 14.6. The molecule has 1 aromatic rings. The zero-order chi connectivity index (χ0) is 13.8. The van der Waals surface area contributed by atoms with E-state index in [4.69, 9.17) is 23.2 Å². The number of amides is 1. The van der Waals surface area contributed by atoms with Crippen LogP contribution in [0, 0.1) is 5.82 Å². The number of benzene rings is 1. The molecular formula is C13H15Cl2FN2O. The van der Waals surface area contributed by atoms with Crippen LogP contribution in [-0.2, 0) is 4.79 Å². The number of carbonyl (C=O) groups is 1. The highest BCUT2D eigenvalue weighted by molar-refractivity contribution is 6.39. The van der Waals surface area contributed by atoms with Gasteiger partial charge >= 0.3 is 0 Å². The van der Waals surface area contributed by atoms with E-state index in [0.717, 1.165) is 44.4 Å². The molecule has 19 heavy (non-hydrogen) atoms. The predicted octanol–water partition coefficient (Wildman–Crippen LogP) is 3.60. The molecule has 1 unspecified atom stereocenters. The lowest BCUT2D eigenvalue weighted by Gasteiger charge is -2.17. The van der Waals surface area contributed by atoms with Crippen molar-refractivity contribution in [2.75, 3.05) is 11.9 Å². The van der Waals surface area contributed by atoms with Crippen molar-refractivity contribution in [3.05, 3.63) is 28.0 Å². The van der Waals surface area contributed by atoms with Gasteiger partial charge in [-0.1, -0.05) is 36.0 Å².